The molecule has 1 heterocycles. The molecule has 0 fully saturated rings. The van der Waals surface area contributed by atoms with Crippen molar-refractivity contribution in [3.8, 4) is 11.5 Å². The predicted molar refractivity (Wildman–Crippen MR) is 79.4 cm³/mol. The molecule has 0 spiro atoms. The van der Waals surface area contributed by atoms with Crippen LogP contribution in [0.25, 0.3) is 0 Å². The lowest BCUT2D eigenvalue weighted by atomic mass is 9.99. The zero-order valence-electron chi connectivity index (χ0n) is 12.3. The zero-order valence-corrected chi connectivity index (χ0v) is 12.3. The Bertz CT molecular complexity index is 562. The first-order chi connectivity index (χ1) is 9.69. The van der Waals surface area contributed by atoms with Crippen molar-refractivity contribution >= 4 is 0 Å². The van der Waals surface area contributed by atoms with Crippen LogP contribution in [0, 0.1) is 6.92 Å². The summed E-state index contributed by atoms with van der Waals surface area (Å²) in [4.78, 5) is 4.49. The average molecular weight is 272 g/mol. The van der Waals surface area contributed by atoms with E-state index in [1.807, 2.05) is 37.5 Å². The molecule has 0 aliphatic carbocycles. The second kappa shape index (κ2) is 6.39. The van der Waals surface area contributed by atoms with Gasteiger partial charge in [0.05, 0.1) is 26.0 Å². The van der Waals surface area contributed by atoms with E-state index < -0.39 is 0 Å². The molecule has 4 nitrogen and oxygen atoms in total. The number of rotatable bonds is 5. The third kappa shape index (κ3) is 2.91. The number of hydrogen-bond acceptors (Lipinski definition) is 4. The molecular weight excluding hydrogens is 252 g/mol. The number of pyridine rings is 1. The van der Waals surface area contributed by atoms with Crippen molar-refractivity contribution < 1.29 is 9.47 Å². The maximum Gasteiger partial charge on any atom is 0.122 e. The number of benzene rings is 1. The number of aromatic nitrogens is 1. The SMILES string of the molecule is CNC(c1cc(OC)cc(OC)c1)c1ncccc1C. The summed E-state index contributed by atoms with van der Waals surface area (Å²) in [6.07, 6.45) is 1.81. The van der Waals surface area contributed by atoms with Crippen molar-refractivity contribution in [2.75, 3.05) is 21.3 Å². The summed E-state index contributed by atoms with van der Waals surface area (Å²) in [6.45, 7) is 2.06. The molecule has 1 N–H and O–H groups in total. The van der Waals surface area contributed by atoms with Gasteiger partial charge in [0.1, 0.15) is 11.5 Å². The van der Waals surface area contributed by atoms with E-state index in [-0.39, 0.29) is 6.04 Å². The molecule has 0 amide bonds. The van der Waals surface area contributed by atoms with Gasteiger partial charge in [-0.25, -0.2) is 0 Å². The van der Waals surface area contributed by atoms with Gasteiger partial charge in [-0.2, -0.15) is 0 Å². The largest absolute Gasteiger partial charge is 0.497 e. The lowest BCUT2D eigenvalue weighted by Gasteiger charge is -2.19. The topological polar surface area (TPSA) is 43.4 Å². The number of nitrogens with one attached hydrogen (secondary N) is 1. The van der Waals surface area contributed by atoms with E-state index in [1.54, 1.807) is 14.2 Å². The van der Waals surface area contributed by atoms with Gasteiger partial charge < -0.3 is 14.8 Å². The Morgan fingerprint density at radius 3 is 2.25 bits per heavy atom. The van der Waals surface area contributed by atoms with E-state index in [2.05, 4.69) is 23.3 Å². The molecule has 1 aromatic carbocycles. The summed E-state index contributed by atoms with van der Waals surface area (Å²) in [5.41, 5.74) is 3.21. The molecule has 0 radical (unpaired) electrons. The van der Waals surface area contributed by atoms with Crippen molar-refractivity contribution in [3.05, 3.63) is 53.3 Å². The summed E-state index contributed by atoms with van der Waals surface area (Å²) in [7, 11) is 5.22. The lowest BCUT2D eigenvalue weighted by molar-refractivity contribution is 0.392. The normalized spacial score (nSPS) is 12.0. The molecule has 1 aromatic heterocycles. The van der Waals surface area contributed by atoms with Gasteiger partial charge in [0.25, 0.3) is 0 Å². The third-order valence-corrected chi connectivity index (χ3v) is 3.32. The molecule has 106 valence electrons. The van der Waals surface area contributed by atoms with Gasteiger partial charge in [-0.1, -0.05) is 6.07 Å². The Balaban J connectivity index is 2.49. The molecule has 4 heteroatoms. The van der Waals surface area contributed by atoms with Crippen LogP contribution in [-0.2, 0) is 0 Å². The van der Waals surface area contributed by atoms with Crippen LogP contribution in [-0.4, -0.2) is 26.3 Å². The van der Waals surface area contributed by atoms with Crippen LogP contribution in [0.4, 0.5) is 0 Å². The Labute approximate surface area is 119 Å². The molecule has 0 aliphatic heterocycles. The number of methoxy groups -OCH3 is 2. The van der Waals surface area contributed by atoms with Crippen LogP contribution < -0.4 is 14.8 Å². The second-order valence-corrected chi connectivity index (χ2v) is 4.57. The van der Waals surface area contributed by atoms with Gasteiger partial charge in [-0.3, -0.25) is 4.98 Å². The minimum atomic E-state index is 0.000185. The fourth-order valence-electron chi connectivity index (χ4n) is 2.26. The molecule has 20 heavy (non-hydrogen) atoms. The number of hydrogen-bond donors (Lipinski definition) is 1. The highest BCUT2D eigenvalue weighted by molar-refractivity contribution is 5.43. The summed E-state index contributed by atoms with van der Waals surface area (Å²) >= 11 is 0. The highest BCUT2D eigenvalue weighted by Crippen LogP contribution is 2.30. The quantitative estimate of drug-likeness (QED) is 0.909. The molecule has 0 bridgehead atoms. The highest BCUT2D eigenvalue weighted by Gasteiger charge is 2.17. The number of nitrogens with zero attached hydrogens (tertiary/aromatic N) is 1. The first kappa shape index (κ1) is 14.3. The summed E-state index contributed by atoms with van der Waals surface area (Å²) in [6, 6.07) is 9.86. The van der Waals surface area contributed by atoms with Crippen LogP contribution in [0.5, 0.6) is 11.5 Å². The van der Waals surface area contributed by atoms with E-state index in [0.717, 1.165) is 28.3 Å². The molecule has 0 saturated heterocycles. The van der Waals surface area contributed by atoms with Crippen molar-refractivity contribution in [2.45, 2.75) is 13.0 Å². The zero-order chi connectivity index (χ0) is 14.5. The minimum absolute atomic E-state index is 0.000185. The van der Waals surface area contributed by atoms with Gasteiger partial charge in [0.2, 0.25) is 0 Å². The van der Waals surface area contributed by atoms with Crippen molar-refractivity contribution in [2.24, 2.45) is 0 Å². The van der Waals surface area contributed by atoms with Crippen molar-refractivity contribution in [1.82, 2.24) is 10.3 Å². The lowest BCUT2D eigenvalue weighted by Crippen LogP contribution is -2.20. The van der Waals surface area contributed by atoms with E-state index in [0.29, 0.717) is 0 Å². The van der Waals surface area contributed by atoms with Crippen molar-refractivity contribution in [1.29, 1.82) is 0 Å². The fourth-order valence-corrected chi connectivity index (χ4v) is 2.26. The molecule has 2 aromatic rings. The Kier molecular flexibility index (Phi) is 4.58. The number of ether oxygens (including phenoxy) is 2. The summed E-state index contributed by atoms with van der Waals surface area (Å²) in [5, 5.41) is 3.30. The first-order valence-electron chi connectivity index (χ1n) is 6.51. The minimum Gasteiger partial charge on any atom is -0.497 e. The van der Waals surface area contributed by atoms with Gasteiger partial charge in [0, 0.05) is 12.3 Å². The van der Waals surface area contributed by atoms with Gasteiger partial charge in [-0.15, -0.1) is 0 Å². The molecule has 0 saturated carbocycles. The van der Waals surface area contributed by atoms with E-state index in [9.17, 15) is 0 Å². The maximum absolute atomic E-state index is 5.33. The van der Waals surface area contributed by atoms with Crippen LogP contribution in [0.3, 0.4) is 0 Å². The molecule has 1 unspecified atom stereocenters. The fraction of sp³-hybridized carbons (Fsp3) is 0.312. The van der Waals surface area contributed by atoms with Gasteiger partial charge in [-0.05, 0) is 43.3 Å². The maximum atomic E-state index is 5.33. The highest BCUT2D eigenvalue weighted by atomic mass is 16.5. The Morgan fingerprint density at radius 2 is 1.75 bits per heavy atom. The second-order valence-electron chi connectivity index (χ2n) is 4.57. The van der Waals surface area contributed by atoms with E-state index in [1.165, 1.54) is 0 Å². The third-order valence-electron chi connectivity index (χ3n) is 3.32. The number of aryl methyl sites for hydroxylation is 1. The van der Waals surface area contributed by atoms with Crippen LogP contribution >= 0.6 is 0 Å². The molecule has 0 aliphatic rings. The first-order valence-corrected chi connectivity index (χ1v) is 6.51. The molecule has 1 atom stereocenters. The Hall–Kier alpha value is -2.07. The standard InChI is InChI=1S/C16H20N2O2/c1-11-6-5-7-18-15(11)16(17-2)12-8-13(19-3)10-14(9-12)20-4/h5-10,16-17H,1-4H3. The van der Waals surface area contributed by atoms with Gasteiger partial charge in [0.15, 0.2) is 0 Å². The van der Waals surface area contributed by atoms with Crippen LogP contribution in [0.1, 0.15) is 22.9 Å². The van der Waals surface area contributed by atoms with E-state index >= 15 is 0 Å². The van der Waals surface area contributed by atoms with Crippen LogP contribution in [0.2, 0.25) is 0 Å². The van der Waals surface area contributed by atoms with Crippen molar-refractivity contribution in [3.63, 3.8) is 0 Å². The van der Waals surface area contributed by atoms with Crippen LogP contribution in [0.15, 0.2) is 36.5 Å². The average Bonchev–Trinajstić information content (AvgIpc) is 2.49. The summed E-state index contributed by atoms with van der Waals surface area (Å²) in [5.74, 6) is 1.54. The smallest absolute Gasteiger partial charge is 0.122 e. The monoisotopic (exact) mass is 272 g/mol. The summed E-state index contributed by atoms with van der Waals surface area (Å²) < 4.78 is 10.7. The molecular formula is C16H20N2O2. The molecule has 2 rings (SSSR count). The van der Waals surface area contributed by atoms with E-state index in [4.69, 9.17) is 9.47 Å². The predicted octanol–water partition coefficient (Wildman–Crippen LogP) is 2.72. The van der Waals surface area contributed by atoms with Gasteiger partial charge >= 0.3 is 0 Å². The Morgan fingerprint density at radius 1 is 1.10 bits per heavy atom.